The van der Waals surface area contributed by atoms with Gasteiger partial charge in [-0.15, -0.1) is 0 Å². The summed E-state index contributed by atoms with van der Waals surface area (Å²) < 4.78 is 10.4. The van der Waals surface area contributed by atoms with Gasteiger partial charge in [0.2, 0.25) is 0 Å². The van der Waals surface area contributed by atoms with E-state index in [1.807, 2.05) is 19.9 Å². The summed E-state index contributed by atoms with van der Waals surface area (Å²) in [6, 6.07) is 1.93. The van der Waals surface area contributed by atoms with E-state index in [9.17, 15) is 9.59 Å². The zero-order valence-electron chi connectivity index (χ0n) is 12.4. The van der Waals surface area contributed by atoms with E-state index in [1.54, 1.807) is 14.0 Å². The number of Topliss-reactive ketones (excluding diaryl/α,β-unsaturated/α-hetero) is 1. The molecule has 0 N–H and O–H groups in total. The molecule has 0 spiro atoms. The van der Waals surface area contributed by atoms with Crippen molar-refractivity contribution in [3.05, 3.63) is 28.3 Å². The molecule has 0 aromatic heterocycles. The van der Waals surface area contributed by atoms with Crippen molar-refractivity contribution in [3.8, 4) is 5.75 Å². The van der Waals surface area contributed by atoms with E-state index in [1.165, 1.54) is 0 Å². The predicted octanol–water partition coefficient (Wildman–Crippen LogP) is 2.62. The smallest absolute Gasteiger partial charge is 0.316 e. The van der Waals surface area contributed by atoms with Crippen molar-refractivity contribution >= 4 is 11.8 Å². The number of esters is 1. The minimum Gasteiger partial charge on any atom is -0.496 e. The van der Waals surface area contributed by atoms with Gasteiger partial charge in [-0.1, -0.05) is 6.07 Å². The highest BCUT2D eigenvalue weighted by Gasteiger charge is 2.36. The fourth-order valence-corrected chi connectivity index (χ4v) is 2.98. The zero-order chi connectivity index (χ0) is 14.9. The fourth-order valence-electron chi connectivity index (χ4n) is 2.98. The van der Waals surface area contributed by atoms with Crippen LogP contribution in [0.5, 0.6) is 5.75 Å². The average Bonchev–Trinajstić information content (AvgIpc) is 2.39. The van der Waals surface area contributed by atoms with Crippen LogP contribution in [0.3, 0.4) is 0 Å². The second kappa shape index (κ2) is 5.65. The van der Waals surface area contributed by atoms with Crippen LogP contribution in [0.1, 0.15) is 40.4 Å². The van der Waals surface area contributed by atoms with Gasteiger partial charge in [0.05, 0.1) is 13.7 Å². The molecule has 0 bridgehead atoms. The Labute approximate surface area is 119 Å². The number of fused-ring (bicyclic) bond motifs is 1. The minimum atomic E-state index is -0.673. The number of ether oxygens (including phenoxy) is 2. The van der Waals surface area contributed by atoms with Gasteiger partial charge in [-0.2, -0.15) is 0 Å². The molecule has 4 heteroatoms. The summed E-state index contributed by atoms with van der Waals surface area (Å²) in [6.07, 6.45) is 1.15. The SMILES string of the molecule is CCOC(=O)[C@H]1CCc2c(OC)c(C)cc(C)c2C1=O. The summed E-state index contributed by atoms with van der Waals surface area (Å²) in [5.41, 5.74) is 3.48. The second-order valence-electron chi connectivity index (χ2n) is 5.10. The summed E-state index contributed by atoms with van der Waals surface area (Å²) in [7, 11) is 1.61. The van der Waals surface area contributed by atoms with E-state index in [-0.39, 0.29) is 5.78 Å². The molecule has 0 amide bonds. The third-order valence-electron chi connectivity index (χ3n) is 3.78. The number of rotatable bonds is 3. The molecule has 2 rings (SSSR count). The molecule has 20 heavy (non-hydrogen) atoms. The van der Waals surface area contributed by atoms with E-state index in [2.05, 4.69) is 0 Å². The lowest BCUT2D eigenvalue weighted by Crippen LogP contribution is -2.32. The van der Waals surface area contributed by atoms with Crippen LogP contribution < -0.4 is 4.74 Å². The van der Waals surface area contributed by atoms with Crippen LogP contribution in [0.15, 0.2) is 6.07 Å². The third kappa shape index (κ3) is 2.30. The van der Waals surface area contributed by atoms with Gasteiger partial charge in [-0.3, -0.25) is 9.59 Å². The van der Waals surface area contributed by atoms with Crippen molar-refractivity contribution in [1.82, 2.24) is 0 Å². The van der Waals surface area contributed by atoms with Crippen LogP contribution in [-0.2, 0) is 16.0 Å². The lowest BCUT2D eigenvalue weighted by Gasteiger charge is -2.26. The highest BCUT2D eigenvalue weighted by Crippen LogP contribution is 2.37. The Kier molecular flexibility index (Phi) is 4.12. The summed E-state index contributed by atoms with van der Waals surface area (Å²) in [4.78, 5) is 24.5. The fraction of sp³-hybridized carbons (Fsp3) is 0.500. The van der Waals surface area contributed by atoms with Crippen LogP contribution in [-0.4, -0.2) is 25.5 Å². The van der Waals surface area contributed by atoms with Crippen LogP contribution in [0.2, 0.25) is 0 Å². The first kappa shape index (κ1) is 14.6. The molecule has 0 heterocycles. The molecule has 0 radical (unpaired) electrons. The largest absolute Gasteiger partial charge is 0.496 e. The Morgan fingerprint density at radius 1 is 1.35 bits per heavy atom. The molecule has 1 aromatic rings. The number of hydrogen-bond acceptors (Lipinski definition) is 4. The van der Waals surface area contributed by atoms with E-state index in [0.717, 1.165) is 22.4 Å². The van der Waals surface area contributed by atoms with E-state index >= 15 is 0 Å². The normalized spacial score (nSPS) is 17.6. The molecule has 0 unspecified atom stereocenters. The molecule has 0 aliphatic heterocycles. The molecular formula is C16H20O4. The summed E-state index contributed by atoms with van der Waals surface area (Å²) in [6.45, 7) is 5.91. The molecule has 0 fully saturated rings. The van der Waals surface area contributed by atoms with Crippen LogP contribution in [0, 0.1) is 19.8 Å². The Balaban J connectivity index is 2.47. The molecule has 1 aliphatic carbocycles. The second-order valence-corrected chi connectivity index (χ2v) is 5.10. The van der Waals surface area contributed by atoms with Gasteiger partial charge in [0, 0.05) is 11.1 Å². The lowest BCUT2D eigenvalue weighted by molar-refractivity contribution is -0.146. The maximum absolute atomic E-state index is 12.6. The number of ketones is 1. The Hall–Kier alpha value is -1.84. The van der Waals surface area contributed by atoms with Crippen LogP contribution >= 0.6 is 0 Å². The van der Waals surface area contributed by atoms with Crippen molar-refractivity contribution in [2.45, 2.75) is 33.6 Å². The van der Waals surface area contributed by atoms with E-state index in [0.29, 0.717) is 25.0 Å². The Bertz CT molecular complexity index is 560. The standard InChI is InChI=1S/C16H20O4/c1-5-20-16(18)12-7-6-11-13(14(12)17)9(2)8-10(3)15(11)19-4/h8,12H,5-7H2,1-4H3/t12-/m0/s1. The summed E-state index contributed by atoms with van der Waals surface area (Å²) in [5, 5.41) is 0. The van der Waals surface area contributed by atoms with E-state index < -0.39 is 11.9 Å². The molecule has 0 saturated heterocycles. The topological polar surface area (TPSA) is 52.6 Å². The van der Waals surface area contributed by atoms with Crippen LogP contribution in [0.25, 0.3) is 0 Å². The van der Waals surface area contributed by atoms with Crippen molar-refractivity contribution in [2.75, 3.05) is 13.7 Å². The number of aryl methyl sites for hydroxylation is 2. The maximum atomic E-state index is 12.6. The lowest BCUT2D eigenvalue weighted by atomic mass is 9.79. The van der Waals surface area contributed by atoms with Gasteiger partial charge in [-0.05, 0) is 44.7 Å². The maximum Gasteiger partial charge on any atom is 0.316 e. The summed E-state index contributed by atoms with van der Waals surface area (Å²) in [5.74, 6) is -0.461. The molecular weight excluding hydrogens is 256 g/mol. The van der Waals surface area contributed by atoms with Gasteiger partial charge in [0.15, 0.2) is 5.78 Å². The number of benzene rings is 1. The first-order chi connectivity index (χ1) is 9.51. The van der Waals surface area contributed by atoms with Gasteiger partial charge in [0.25, 0.3) is 0 Å². The Morgan fingerprint density at radius 3 is 2.65 bits per heavy atom. The van der Waals surface area contributed by atoms with Crippen molar-refractivity contribution in [1.29, 1.82) is 0 Å². The molecule has 4 nitrogen and oxygen atoms in total. The van der Waals surface area contributed by atoms with E-state index in [4.69, 9.17) is 9.47 Å². The Morgan fingerprint density at radius 2 is 2.05 bits per heavy atom. The zero-order valence-corrected chi connectivity index (χ0v) is 12.4. The van der Waals surface area contributed by atoms with Gasteiger partial charge >= 0.3 is 5.97 Å². The quantitative estimate of drug-likeness (QED) is 0.629. The number of carbonyl (C=O) groups is 2. The van der Waals surface area contributed by atoms with Crippen molar-refractivity contribution < 1.29 is 19.1 Å². The molecule has 1 aliphatic rings. The predicted molar refractivity (Wildman–Crippen MR) is 75.2 cm³/mol. The molecule has 0 saturated carbocycles. The first-order valence-corrected chi connectivity index (χ1v) is 6.89. The first-order valence-electron chi connectivity index (χ1n) is 6.89. The van der Waals surface area contributed by atoms with Crippen LogP contribution in [0.4, 0.5) is 0 Å². The highest BCUT2D eigenvalue weighted by molar-refractivity contribution is 6.11. The molecule has 1 atom stereocenters. The average molecular weight is 276 g/mol. The highest BCUT2D eigenvalue weighted by atomic mass is 16.5. The van der Waals surface area contributed by atoms with Gasteiger partial charge in [0.1, 0.15) is 11.7 Å². The van der Waals surface area contributed by atoms with Crippen molar-refractivity contribution in [2.24, 2.45) is 5.92 Å². The molecule has 108 valence electrons. The number of hydrogen-bond donors (Lipinski definition) is 0. The van der Waals surface area contributed by atoms with Gasteiger partial charge in [-0.25, -0.2) is 0 Å². The van der Waals surface area contributed by atoms with Crippen molar-refractivity contribution in [3.63, 3.8) is 0 Å². The third-order valence-corrected chi connectivity index (χ3v) is 3.78. The van der Waals surface area contributed by atoms with Gasteiger partial charge < -0.3 is 9.47 Å². The minimum absolute atomic E-state index is 0.138. The number of methoxy groups -OCH3 is 1. The number of carbonyl (C=O) groups excluding carboxylic acids is 2. The summed E-state index contributed by atoms with van der Waals surface area (Å²) >= 11 is 0. The monoisotopic (exact) mass is 276 g/mol. The molecule has 1 aromatic carbocycles.